The van der Waals surface area contributed by atoms with Crippen LogP contribution in [0.3, 0.4) is 0 Å². The molecule has 3 nitrogen and oxygen atoms in total. The van der Waals surface area contributed by atoms with Crippen molar-refractivity contribution in [3.63, 3.8) is 0 Å². The highest BCUT2D eigenvalue weighted by Crippen LogP contribution is 2.13. The fraction of sp³-hybridized carbons (Fsp3) is 0.500. The molecule has 110 valence electrons. The number of hydrogen-bond donors (Lipinski definition) is 0. The van der Waals surface area contributed by atoms with Crippen molar-refractivity contribution < 1.29 is 13.6 Å². The van der Waals surface area contributed by atoms with Crippen LogP contribution in [0.4, 0.5) is 8.78 Å². The number of nitrogens with zero attached hydrogens (tertiary/aromatic N) is 2. The summed E-state index contributed by atoms with van der Waals surface area (Å²) in [6.07, 6.45) is 0.834. The van der Waals surface area contributed by atoms with E-state index in [4.69, 9.17) is 11.6 Å². The Morgan fingerprint density at radius 1 is 1.10 bits per heavy atom. The van der Waals surface area contributed by atoms with E-state index in [9.17, 15) is 13.6 Å². The fourth-order valence-electron chi connectivity index (χ4n) is 2.38. The lowest BCUT2D eigenvalue weighted by atomic mass is 10.2. The topological polar surface area (TPSA) is 23.6 Å². The first kappa shape index (κ1) is 15.2. The van der Waals surface area contributed by atoms with Gasteiger partial charge in [-0.1, -0.05) is 0 Å². The first-order chi connectivity index (χ1) is 9.60. The van der Waals surface area contributed by atoms with Gasteiger partial charge in [-0.15, -0.1) is 11.6 Å². The van der Waals surface area contributed by atoms with E-state index in [0.717, 1.165) is 44.3 Å². The number of alkyl halides is 1. The second-order valence-corrected chi connectivity index (χ2v) is 5.21. The van der Waals surface area contributed by atoms with Crippen molar-refractivity contribution in [2.75, 3.05) is 38.6 Å². The third-order valence-electron chi connectivity index (χ3n) is 3.39. The first-order valence-electron chi connectivity index (χ1n) is 6.64. The Kier molecular flexibility index (Phi) is 5.31. The third kappa shape index (κ3) is 3.90. The summed E-state index contributed by atoms with van der Waals surface area (Å²) in [4.78, 5) is 16.1. The van der Waals surface area contributed by atoms with Crippen LogP contribution in [0.15, 0.2) is 18.2 Å². The van der Waals surface area contributed by atoms with Gasteiger partial charge in [-0.25, -0.2) is 8.78 Å². The molecule has 1 aromatic rings. The van der Waals surface area contributed by atoms with E-state index in [2.05, 4.69) is 4.90 Å². The number of rotatable bonds is 3. The Morgan fingerprint density at radius 2 is 1.80 bits per heavy atom. The van der Waals surface area contributed by atoms with E-state index in [1.807, 2.05) is 0 Å². The summed E-state index contributed by atoms with van der Waals surface area (Å²) < 4.78 is 26.3. The largest absolute Gasteiger partial charge is 0.337 e. The van der Waals surface area contributed by atoms with Gasteiger partial charge < -0.3 is 9.80 Å². The summed E-state index contributed by atoms with van der Waals surface area (Å²) in [5, 5.41) is 0. The zero-order chi connectivity index (χ0) is 14.5. The van der Waals surface area contributed by atoms with Crippen molar-refractivity contribution in [3.05, 3.63) is 35.4 Å². The number of benzene rings is 1. The third-order valence-corrected chi connectivity index (χ3v) is 3.56. The Morgan fingerprint density at radius 3 is 2.45 bits per heavy atom. The average molecular weight is 303 g/mol. The number of hydrogen-bond acceptors (Lipinski definition) is 2. The first-order valence-corrected chi connectivity index (χ1v) is 7.17. The van der Waals surface area contributed by atoms with Crippen molar-refractivity contribution in [1.82, 2.24) is 9.80 Å². The molecule has 1 fully saturated rings. The standard InChI is InChI=1S/C14H17ClF2N2O/c15-2-5-18-3-1-4-19(7-6-18)14(20)11-8-12(16)10-13(17)9-11/h8-10H,1-7H2. The molecule has 1 aliphatic rings. The van der Waals surface area contributed by atoms with Crippen LogP contribution in [0.25, 0.3) is 0 Å². The van der Waals surface area contributed by atoms with Gasteiger partial charge in [0.25, 0.3) is 5.91 Å². The molecular weight excluding hydrogens is 286 g/mol. The fourth-order valence-corrected chi connectivity index (χ4v) is 2.62. The molecule has 2 rings (SSSR count). The number of halogens is 3. The Labute approximate surface area is 122 Å². The minimum absolute atomic E-state index is 0.0632. The van der Waals surface area contributed by atoms with Gasteiger partial charge in [0, 0.05) is 43.7 Å². The summed E-state index contributed by atoms with van der Waals surface area (Å²) in [6.45, 7) is 3.55. The van der Waals surface area contributed by atoms with Crippen molar-refractivity contribution in [1.29, 1.82) is 0 Å². The van der Waals surface area contributed by atoms with Crippen LogP contribution in [0, 0.1) is 11.6 Å². The summed E-state index contributed by atoms with van der Waals surface area (Å²) >= 11 is 5.71. The summed E-state index contributed by atoms with van der Waals surface area (Å²) in [5.41, 5.74) is 0.0632. The SMILES string of the molecule is O=C(c1cc(F)cc(F)c1)N1CCCN(CCCl)CC1. The molecule has 0 bridgehead atoms. The molecule has 1 aromatic carbocycles. The zero-order valence-electron chi connectivity index (χ0n) is 11.1. The highest BCUT2D eigenvalue weighted by Gasteiger charge is 2.20. The molecule has 0 spiro atoms. The zero-order valence-corrected chi connectivity index (χ0v) is 11.9. The van der Waals surface area contributed by atoms with Crippen LogP contribution in [0.5, 0.6) is 0 Å². The normalized spacial score (nSPS) is 17.1. The van der Waals surface area contributed by atoms with E-state index in [0.29, 0.717) is 19.0 Å². The van der Waals surface area contributed by atoms with Gasteiger partial charge in [0.15, 0.2) is 0 Å². The van der Waals surface area contributed by atoms with Crippen LogP contribution < -0.4 is 0 Å². The molecule has 0 aromatic heterocycles. The molecule has 20 heavy (non-hydrogen) atoms. The van der Waals surface area contributed by atoms with Gasteiger partial charge in [-0.05, 0) is 25.1 Å². The van der Waals surface area contributed by atoms with E-state index in [1.54, 1.807) is 4.90 Å². The molecule has 1 saturated heterocycles. The van der Waals surface area contributed by atoms with Gasteiger partial charge in [0.05, 0.1) is 0 Å². The minimum Gasteiger partial charge on any atom is -0.337 e. The predicted molar refractivity (Wildman–Crippen MR) is 74.0 cm³/mol. The minimum atomic E-state index is -0.730. The maximum Gasteiger partial charge on any atom is 0.254 e. The van der Waals surface area contributed by atoms with E-state index in [-0.39, 0.29) is 11.5 Å². The van der Waals surface area contributed by atoms with Gasteiger partial charge >= 0.3 is 0 Å². The molecule has 0 saturated carbocycles. The lowest BCUT2D eigenvalue weighted by Crippen LogP contribution is -2.35. The van der Waals surface area contributed by atoms with Gasteiger partial charge in [0.2, 0.25) is 0 Å². The Hall–Kier alpha value is -1.20. The molecular formula is C14H17ClF2N2O. The molecule has 0 atom stereocenters. The molecule has 1 heterocycles. The smallest absolute Gasteiger partial charge is 0.254 e. The highest BCUT2D eigenvalue weighted by molar-refractivity contribution is 6.18. The van der Waals surface area contributed by atoms with Crippen LogP contribution in [0.2, 0.25) is 0 Å². The van der Waals surface area contributed by atoms with Crippen molar-refractivity contribution in [3.8, 4) is 0 Å². The average Bonchev–Trinajstić information content (AvgIpc) is 2.63. The number of carbonyl (C=O) groups is 1. The van der Waals surface area contributed by atoms with Crippen molar-refractivity contribution in [2.24, 2.45) is 0 Å². The Bertz CT molecular complexity index is 464. The summed E-state index contributed by atoms with van der Waals surface area (Å²) in [7, 11) is 0. The summed E-state index contributed by atoms with van der Waals surface area (Å²) in [5.74, 6) is -1.22. The molecule has 0 unspecified atom stereocenters. The van der Waals surface area contributed by atoms with Crippen molar-refractivity contribution >= 4 is 17.5 Å². The van der Waals surface area contributed by atoms with E-state index in [1.165, 1.54) is 0 Å². The van der Waals surface area contributed by atoms with E-state index >= 15 is 0 Å². The molecule has 1 aliphatic heterocycles. The van der Waals surface area contributed by atoms with Crippen LogP contribution in [-0.4, -0.2) is 54.3 Å². The molecule has 1 amide bonds. The highest BCUT2D eigenvalue weighted by atomic mass is 35.5. The van der Waals surface area contributed by atoms with Crippen LogP contribution in [0.1, 0.15) is 16.8 Å². The molecule has 0 N–H and O–H groups in total. The lowest BCUT2D eigenvalue weighted by molar-refractivity contribution is 0.0761. The van der Waals surface area contributed by atoms with Crippen LogP contribution in [-0.2, 0) is 0 Å². The molecule has 0 aliphatic carbocycles. The van der Waals surface area contributed by atoms with Crippen LogP contribution >= 0.6 is 11.6 Å². The van der Waals surface area contributed by atoms with Gasteiger partial charge in [0.1, 0.15) is 11.6 Å². The Balaban J connectivity index is 2.05. The maximum absolute atomic E-state index is 13.2. The maximum atomic E-state index is 13.2. The second kappa shape index (κ2) is 6.99. The van der Waals surface area contributed by atoms with Gasteiger partial charge in [-0.3, -0.25) is 4.79 Å². The lowest BCUT2D eigenvalue weighted by Gasteiger charge is -2.21. The summed E-state index contributed by atoms with van der Waals surface area (Å²) in [6, 6.07) is 2.92. The molecule has 6 heteroatoms. The number of carbonyl (C=O) groups excluding carboxylic acids is 1. The number of amides is 1. The van der Waals surface area contributed by atoms with Crippen molar-refractivity contribution in [2.45, 2.75) is 6.42 Å². The van der Waals surface area contributed by atoms with Gasteiger partial charge in [-0.2, -0.15) is 0 Å². The molecule has 0 radical (unpaired) electrons. The quantitative estimate of drug-likeness (QED) is 0.800. The van der Waals surface area contributed by atoms with E-state index < -0.39 is 11.6 Å². The predicted octanol–water partition coefficient (Wildman–Crippen LogP) is 2.35. The monoisotopic (exact) mass is 302 g/mol. The second-order valence-electron chi connectivity index (χ2n) is 4.83.